The number of nitrogens with zero attached hydrogens (tertiary/aromatic N) is 4. The van der Waals surface area contributed by atoms with Crippen LogP contribution < -0.4 is 4.74 Å². The van der Waals surface area contributed by atoms with E-state index in [1.807, 2.05) is 47.8 Å². The van der Waals surface area contributed by atoms with E-state index in [2.05, 4.69) is 40.4 Å². The van der Waals surface area contributed by atoms with Gasteiger partial charge in [-0.25, -0.2) is 14.5 Å². The van der Waals surface area contributed by atoms with Crippen LogP contribution in [0, 0.1) is 0 Å². The molecular weight excluding hydrogens is 392 g/mol. The minimum atomic E-state index is 0.478. The summed E-state index contributed by atoms with van der Waals surface area (Å²) < 4.78 is 7.89. The number of benzene rings is 3. The molecule has 0 aliphatic rings. The van der Waals surface area contributed by atoms with E-state index in [1.54, 1.807) is 22.2 Å². The minimum Gasteiger partial charge on any atom is -0.488 e. The van der Waals surface area contributed by atoms with Crippen molar-refractivity contribution in [2.24, 2.45) is 0 Å². The first kappa shape index (κ1) is 17.1. The average molecular weight is 408 g/mol. The Bertz CT molecular complexity index is 1510. The first-order chi connectivity index (χ1) is 14.8. The molecule has 0 aliphatic carbocycles. The van der Waals surface area contributed by atoms with Crippen LogP contribution in [0.2, 0.25) is 0 Å². The van der Waals surface area contributed by atoms with Gasteiger partial charge in [-0.05, 0) is 34.5 Å². The number of rotatable bonds is 4. The molecule has 30 heavy (non-hydrogen) atoms. The first-order valence-corrected chi connectivity index (χ1v) is 10.5. The van der Waals surface area contributed by atoms with Crippen molar-refractivity contribution in [2.45, 2.75) is 6.61 Å². The van der Waals surface area contributed by atoms with Crippen molar-refractivity contribution in [3.05, 3.63) is 90.1 Å². The molecule has 0 saturated carbocycles. The topological polar surface area (TPSA) is 52.3 Å². The number of hydrogen-bond acceptors (Lipinski definition) is 5. The van der Waals surface area contributed by atoms with Gasteiger partial charge < -0.3 is 4.74 Å². The van der Waals surface area contributed by atoms with Crippen molar-refractivity contribution >= 4 is 38.0 Å². The van der Waals surface area contributed by atoms with Crippen LogP contribution in [0.25, 0.3) is 38.0 Å². The predicted molar refractivity (Wildman–Crippen MR) is 120 cm³/mol. The van der Waals surface area contributed by atoms with Crippen LogP contribution in [0.1, 0.15) is 5.56 Å². The zero-order valence-corrected chi connectivity index (χ0v) is 16.7. The van der Waals surface area contributed by atoms with Crippen LogP contribution in [-0.2, 0) is 6.61 Å². The van der Waals surface area contributed by atoms with Crippen LogP contribution >= 0.6 is 11.3 Å². The number of thiophene rings is 1. The lowest BCUT2D eigenvalue weighted by molar-refractivity contribution is 0.310. The van der Waals surface area contributed by atoms with Gasteiger partial charge in [-0.1, -0.05) is 54.6 Å². The van der Waals surface area contributed by atoms with Gasteiger partial charge in [0.15, 0.2) is 11.5 Å². The molecule has 0 unspecified atom stereocenters. The van der Waals surface area contributed by atoms with Gasteiger partial charge in [0.2, 0.25) is 0 Å². The van der Waals surface area contributed by atoms with Crippen LogP contribution in [0.4, 0.5) is 0 Å². The molecule has 0 atom stereocenters. The van der Waals surface area contributed by atoms with Gasteiger partial charge in [0, 0.05) is 10.9 Å². The Labute approximate surface area is 176 Å². The third kappa shape index (κ3) is 2.89. The minimum absolute atomic E-state index is 0.478. The SMILES string of the molecule is c1cc(COc2cccc3ccccc23)cc(-c2nc3c4ccsc4ncn3n2)c1. The summed E-state index contributed by atoms with van der Waals surface area (Å²) >= 11 is 1.61. The van der Waals surface area contributed by atoms with Crippen molar-refractivity contribution in [1.82, 2.24) is 19.6 Å². The van der Waals surface area contributed by atoms with Gasteiger partial charge in [0.05, 0.1) is 5.39 Å². The summed E-state index contributed by atoms with van der Waals surface area (Å²) in [7, 11) is 0. The van der Waals surface area contributed by atoms with Gasteiger partial charge in [-0.2, -0.15) is 0 Å². The van der Waals surface area contributed by atoms with Gasteiger partial charge in [-0.3, -0.25) is 0 Å². The van der Waals surface area contributed by atoms with E-state index in [0.29, 0.717) is 12.4 Å². The quantitative estimate of drug-likeness (QED) is 0.373. The first-order valence-electron chi connectivity index (χ1n) is 9.64. The molecule has 3 aromatic carbocycles. The van der Waals surface area contributed by atoms with Crippen molar-refractivity contribution in [1.29, 1.82) is 0 Å². The summed E-state index contributed by atoms with van der Waals surface area (Å²) in [5.74, 6) is 1.57. The lowest BCUT2D eigenvalue weighted by Crippen LogP contribution is -1.96. The maximum absolute atomic E-state index is 6.15. The zero-order valence-electron chi connectivity index (χ0n) is 15.9. The van der Waals surface area contributed by atoms with Crippen LogP contribution in [0.15, 0.2) is 84.5 Å². The maximum atomic E-state index is 6.15. The Hall–Kier alpha value is -3.77. The smallest absolute Gasteiger partial charge is 0.182 e. The van der Waals surface area contributed by atoms with E-state index in [-0.39, 0.29) is 0 Å². The molecule has 5 nitrogen and oxygen atoms in total. The summed E-state index contributed by atoms with van der Waals surface area (Å²) in [5, 5.41) is 9.96. The van der Waals surface area contributed by atoms with Crippen molar-refractivity contribution in [3.8, 4) is 17.1 Å². The maximum Gasteiger partial charge on any atom is 0.182 e. The standard InChI is InChI=1S/C24H16N4OS/c1-2-9-19-17(6-1)7-4-10-21(19)29-14-16-5-3-8-18(13-16)22-26-23-20-11-12-30-24(20)25-15-28(23)27-22/h1-13,15H,14H2. The molecule has 0 radical (unpaired) electrons. The molecular formula is C24H16N4OS. The van der Waals surface area contributed by atoms with E-state index < -0.39 is 0 Å². The monoisotopic (exact) mass is 408 g/mol. The van der Waals surface area contributed by atoms with Crippen LogP contribution in [-0.4, -0.2) is 19.6 Å². The number of ether oxygens (including phenoxy) is 1. The Morgan fingerprint density at radius 2 is 1.80 bits per heavy atom. The summed E-state index contributed by atoms with van der Waals surface area (Å²) in [6.07, 6.45) is 1.72. The van der Waals surface area contributed by atoms with Gasteiger partial charge in [0.25, 0.3) is 0 Å². The highest BCUT2D eigenvalue weighted by molar-refractivity contribution is 7.16. The molecule has 0 bridgehead atoms. The fourth-order valence-electron chi connectivity index (χ4n) is 3.67. The van der Waals surface area contributed by atoms with E-state index in [4.69, 9.17) is 9.72 Å². The normalized spacial score (nSPS) is 11.5. The fraction of sp³-hybridized carbons (Fsp3) is 0.0417. The van der Waals surface area contributed by atoms with Crippen molar-refractivity contribution in [3.63, 3.8) is 0 Å². The molecule has 144 valence electrons. The largest absolute Gasteiger partial charge is 0.488 e. The Morgan fingerprint density at radius 3 is 2.80 bits per heavy atom. The summed E-state index contributed by atoms with van der Waals surface area (Å²) in [5.41, 5.74) is 2.85. The summed E-state index contributed by atoms with van der Waals surface area (Å²) in [6, 6.07) is 24.6. The number of fused-ring (bicyclic) bond motifs is 4. The van der Waals surface area contributed by atoms with E-state index in [9.17, 15) is 0 Å². The Morgan fingerprint density at radius 1 is 0.900 bits per heavy atom. The van der Waals surface area contributed by atoms with Crippen LogP contribution in [0.3, 0.4) is 0 Å². The van der Waals surface area contributed by atoms with Gasteiger partial charge in [0.1, 0.15) is 23.5 Å². The second kappa shape index (κ2) is 6.93. The highest BCUT2D eigenvalue weighted by Crippen LogP contribution is 2.27. The molecule has 6 heteroatoms. The molecule has 3 heterocycles. The predicted octanol–water partition coefficient (Wildman–Crippen LogP) is 5.74. The van der Waals surface area contributed by atoms with E-state index >= 15 is 0 Å². The van der Waals surface area contributed by atoms with Crippen LogP contribution in [0.5, 0.6) is 5.75 Å². The number of aromatic nitrogens is 4. The third-order valence-electron chi connectivity index (χ3n) is 5.13. The lowest BCUT2D eigenvalue weighted by Gasteiger charge is -2.10. The lowest BCUT2D eigenvalue weighted by atomic mass is 10.1. The van der Waals surface area contributed by atoms with Gasteiger partial charge >= 0.3 is 0 Å². The zero-order chi connectivity index (χ0) is 19.9. The highest BCUT2D eigenvalue weighted by Gasteiger charge is 2.11. The Balaban J connectivity index is 1.32. The molecule has 0 saturated heterocycles. The average Bonchev–Trinajstić information content (AvgIpc) is 3.44. The molecule has 0 amide bonds. The van der Waals surface area contributed by atoms with Gasteiger partial charge in [-0.15, -0.1) is 16.4 Å². The second-order valence-corrected chi connectivity index (χ2v) is 7.95. The molecule has 0 spiro atoms. The molecule has 3 aromatic heterocycles. The third-order valence-corrected chi connectivity index (χ3v) is 5.95. The summed E-state index contributed by atoms with van der Waals surface area (Å²) in [6.45, 7) is 0.478. The van der Waals surface area contributed by atoms with Crippen molar-refractivity contribution < 1.29 is 4.74 Å². The fourth-order valence-corrected chi connectivity index (χ4v) is 4.40. The molecule has 6 aromatic rings. The van der Waals surface area contributed by atoms with E-state index in [0.717, 1.165) is 38.1 Å². The molecule has 6 rings (SSSR count). The van der Waals surface area contributed by atoms with Crippen molar-refractivity contribution in [2.75, 3.05) is 0 Å². The van der Waals surface area contributed by atoms with E-state index in [1.165, 1.54) is 5.39 Å². The number of hydrogen-bond donors (Lipinski definition) is 0. The molecule has 0 aliphatic heterocycles. The highest BCUT2D eigenvalue weighted by atomic mass is 32.1. The molecule has 0 N–H and O–H groups in total. The Kier molecular flexibility index (Phi) is 3.95. The molecule has 0 fully saturated rings. The second-order valence-electron chi connectivity index (χ2n) is 7.05. The summed E-state index contributed by atoms with van der Waals surface area (Å²) in [4.78, 5) is 10.2.